The Labute approximate surface area is 164 Å². The molecule has 0 saturated carbocycles. The Balaban J connectivity index is 1.94. The van der Waals surface area contributed by atoms with Crippen molar-refractivity contribution >= 4 is 14.3 Å². The van der Waals surface area contributed by atoms with Gasteiger partial charge in [-0.2, -0.15) is 0 Å². The van der Waals surface area contributed by atoms with E-state index in [9.17, 15) is 9.13 Å². The Morgan fingerprint density at radius 3 is 1.26 bits per heavy atom. The number of hydrogen-bond acceptors (Lipinski definition) is 2. The van der Waals surface area contributed by atoms with E-state index in [1.165, 1.54) is 22.3 Å². The average Bonchev–Trinajstić information content (AvgIpc) is 3.13. The maximum Gasteiger partial charge on any atom is 0.143 e. The van der Waals surface area contributed by atoms with E-state index in [4.69, 9.17) is 0 Å². The van der Waals surface area contributed by atoms with E-state index in [2.05, 4.69) is 69.2 Å². The largest absolute Gasteiger partial charge is 0.314 e. The second-order valence-corrected chi connectivity index (χ2v) is 17.0. The molecule has 5 aliphatic rings. The van der Waals surface area contributed by atoms with Crippen LogP contribution in [0.25, 0.3) is 0 Å². The quantitative estimate of drug-likeness (QED) is 0.389. The molecule has 0 aromatic heterocycles. The van der Waals surface area contributed by atoms with Crippen molar-refractivity contribution in [2.45, 2.75) is 80.6 Å². The highest BCUT2D eigenvalue weighted by molar-refractivity contribution is 7.79. The topological polar surface area (TPSA) is 34.1 Å². The molecule has 0 aromatic carbocycles. The van der Waals surface area contributed by atoms with Gasteiger partial charge in [0.05, 0.1) is 0 Å². The van der Waals surface area contributed by atoms with Crippen molar-refractivity contribution in [1.29, 1.82) is 0 Å². The van der Waals surface area contributed by atoms with Crippen LogP contribution >= 0.6 is 14.3 Å². The van der Waals surface area contributed by atoms with Crippen LogP contribution in [0.1, 0.15) is 69.2 Å². The van der Waals surface area contributed by atoms with Crippen molar-refractivity contribution in [1.82, 2.24) is 0 Å². The molecule has 0 N–H and O–H groups in total. The van der Waals surface area contributed by atoms with E-state index in [1.54, 1.807) is 0 Å². The fourth-order valence-corrected chi connectivity index (χ4v) is 17.7. The Morgan fingerprint density at radius 2 is 0.963 bits per heavy atom. The summed E-state index contributed by atoms with van der Waals surface area (Å²) in [6.45, 7) is 22.1. The maximum atomic E-state index is 14.7. The molecule has 0 radical (unpaired) electrons. The van der Waals surface area contributed by atoms with Gasteiger partial charge in [-0.3, -0.25) is 0 Å². The molecular formula is C23H32O2P2. The van der Waals surface area contributed by atoms with E-state index < -0.39 is 14.3 Å². The summed E-state index contributed by atoms with van der Waals surface area (Å²) in [4.78, 5) is 0. The van der Waals surface area contributed by atoms with Gasteiger partial charge < -0.3 is 9.13 Å². The third-order valence-electron chi connectivity index (χ3n) is 10.1. The first-order valence-corrected chi connectivity index (χ1v) is 13.8. The van der Waals surface area contributed by atoms with Gasteiger partial charge in [0.25, 0.3) is 0 Å². The van der Waals surface area contributed by atoms with E-state index in [0.29, 0.717) is 0 Å². The van der Waals surface area contributed by atoms with E-state index in [-0.39, 0.29) is 27.6 Å². The standard InChI is InChI=1S/C23H32O2P2/c1-11-13(3)26(24)15(5)22(11,9)19-17(26)18-20(21(19,7)8)23(10)12(2)14(4)27(18,25)16(23)6/h15-16H,1-10H3/t15?,16?,22-,23-,26-,27-/m1/s1. The molecule has 1 aliphatic carbocycles. The molecule has 4 heterocycles. The van der Waals surface area contributed by atoms with Gasteiger partial charge in [0, 0.05) is 38.2 Å². The molecule has 4 aliphatic heterocycles. The Kier molecular flexibility index (Phi) is 2.93. The third-order valence-corrected chi connectivity index (χ3v) is 18.3. The lowest BCUT2D eigenvalue weighted by Gasteiger charge is -2.44. The third kappa shape index (κ3) is 1.30. The smallest absolute Gasteiger partial charge is 0.143 e. The fourth-order valence-electron chi connectivity index (χ4n) is 8.09. The predicted molar refractivity (Wildman–Crippen MR) is 115 cm³/mol. The average molecular weight is 402 g/mol. The highest BCUT2D eigenvalue weighted by Gasteiger charge is 2.76. The van der Waals surface area contributed by atoms with Crippen LogP contribution < -0.4 is 0 Å². The number of rotatable bonds is 0. The molecule has 2 nitrogen and oxygen atoms in total. The first-order chi connectivity index (χ1) is 12.2. The zero-order chi connectivity index (χ0) is 20.3. The fraction of sp³-hybridized carbons (Fsp3) is 0.652. The number of fused-ring (bicyclic) bond motifs is 9. The molecule has 0 saturated heterocycles. The molecule has 146 valence electrons. The molecule has 0 fully saturated rings. The van der Waals surface area contributed by atoms with Crippen LogP contribution in [0.2, 0.25) is 0 Å². The summed E-state index contributed by atoms with van der Waals surface area (Å²) in [6, 6.07) is 0. The van der Waals surface area contributed by atoms with Crippen molar-refractivity contribution in [3.8, 4) is 0 Å². The van der Waals surface area contributed by atoms with Gasteiger partial charge in [-0.05, 0) is 49.5 Å². The van der Waals surface area contributed by atoms with Crippen molar-refractivity contribution in [3.05, 3.63) is 43.5 Å². The highest BCUT2D eigenvalue weighted by Crippen LogP contribution is 2.96. The van der Waals surface area contributed by atoms with Crippen LogP contribution in [0.5, 0.6) is 0 Å². The zero-order valence-electron chi connectivity index (χ0n) is 18.4. The lowest BCUT2D eigenvalue weighted by Crippen LogP contribution is -2.38. The van der Waals surface area contributed by atoms with Gasteiger partial charge in [-0.15, -0.1) is 0 Å². The highest BCUT2D eigenvalue weighted by atomic mass is 31.2. The van der Waals surface area contributed by atoms with Gasteiger partial charge >= 0.3 is 0 Å². The maximum absolute atomic E-state index is 14.7. The minimum Gasteiger partial charge on any atom is -0.314 e. The minimum atomic E-state index is -2.70. The van der Waals surface area contributed by atoms with Crippen LogP contribution in [-0.4, -0.2) is 11.3 Å². The van der Waals surface area contributed by atoms with E-state index in [0.717, 1.165) is 21.3 Å². The summed E-state index contributed by atoms with van der Waals surface area (Å²) in [5.74, 6) is 0. The van der Waals surface area contributed by atoms with Crippen LogP contribution in [0.4, 0.5) is 0 Å². The van der Waals surface area contributed by atoms with Gasteiger partial charge in [-0.25, -0.2) is 0 Å². The molecule has 0 amide bonds. The van der Waals surface area contributed by atoms with Gasteiger partial charge in [0.1, 0.15) is 14.3 Å². The van der Waals surface area contributed by atoms with Crippen molar-refractivity contribution < 1.29 is 9.13 Å². The van der Waals surface area contributed by atoms with Crippen molar-refractivity contribution in [3.63, 3.8) is 0 Å². The van der Waals surface area contributed by atoms with Gasteiger partial charge in [-0.1, -0.05) is 52.7 Å². The summed E-state index contributed by atoms with van der Waals surface area (Å²) in [5.41, 5.74) is 4.99. The molecule has 5 rings (SSSR count). The summed E-state index contributed by atoms with van der Waals surface area (Å²) >= 11 is 0. The van der Waals surface area contributed by atoms with Crippen LogP contribution in [0.15, 0.2) is 43.5 Å². The van der Waals surface area contributed by atoms with Gasteiger partial charge in [0.2, 0.25) is 0 Å². The summed E-state index contributed by atoms with van der Waals surface area (Å²) in [5, 5.41) is 4.30. The zero-order valence-corrected chi connectivity index (χ0v) is 20.2. The first kappa shape index (κ1) is 18.4. The van der Waals surface area contributed by atoms with Gasteiger partial charge in [0.15, 0.2) is 0 Å². The number of allylic oxidation sites excluding steroid dienone is 8. The monoisotopic (exact) mass is 402 g/mol. The molecule has 0 aromatic rings. The number of hydrogen-bond donors (Lipinski definition) is 0. The molecule has 0 spiro atoms. The Hall–Kier alpha value is -0.580. The summed E-state index contributed by atoms with van der Waals surface area (Å²) in [6.07, 6.45) is 0. The van der Waals surface area contributed by atoms with Crippen LogP contribution in [-0.2, 0) is 9.13 Å². The molecule has 4 bridgehead atoms. The second kappa shape index (κ2) is 4.29. The molecular weight excluding hydrogens is 370 g/mol. The van der Waals surface area contributed by atoms with E-state index in [1.807, 2.05) is 0 Å². The molecule has 6 atom stereocenters. The molecule has 27 heavy (non-hydrogen) atoms. The Morgan fingerprint density at radius 1 is 0.667 bits per heavy atom. The second-order valence-electron chi connectivity index (χ2n) is 10.6. The van der Waals surface area contributed by atoms with E-state index >= 15 is 0 Å². The normalized spacial score (nSPS) is 51.9. The van der Waals surface area contributed by atoms with Crippen LogP contribution in [0.3, 0.4) is 0 Å². The summed E-state index contributed by atoms with van der Waals surface area (Å²) < 4.78 is 29.4. The van der Waals surface area contributed by atoms with Crippen molar-refractivity contribution in [2.24, 2.45) is 16.2 Å². The molecule has 4 heteroatoms. The molecule has 2 unspecified atom stereocenters. The lowest BCUT2D eigenvalue weighted by molar-refractivity contribution is 0.327. The predicted octanol–water partition coefficient (Wildman–Crippen LogP) is 7.69. The van der Waals surface area contributed by atoms with Crippen molar-refractivity contribution in [2.75, 3.05) is 0 Å². The summed E-state index contributed by atoms with van der Waals surface area (Å²) in [7, 11) is -5.41. The SMILES string of the molecule is CC1=C(C)[P@]2(=O)C3=C(C(C)(C)C4=C3[P@@]3(=O)C(C)=C(C)[C@]4(C)C3C)[C@@]1(C)C2C. The minimum absolute atomic E-state index is 0.101. The lowest BCUT2D eigenvalue weighted by atomic mass is 9.58. The van der Waals surface area contributed by atoms with Crippen LogP contribution in [0, 0.1) is 16.2 Å². The first-order valence-electron chi connectivity index (χ1n) is 10.3. The Bertz CT molecular complexity index is 1020.